The summed E-state index contributed by atoms with van der Waals surface area (Å²) in [6.45, 7) is 5.32. The lowest BCUT2D eigenvalue weighted by molar-refractivity contribution is 0.0654. The van der Waals surface area contributed by atoms with E-state index >= 15 is 0 Å². The lowest BCUT2D eigenvalue weighted by Crippen LogP contribution is -2.44. The number of anilines is 1. The Kier molecular flexibility index (Phi) is 9.31. The summed E-state index contributed by atoms with van der Waals surface area (Å²) in [5.74, 6) is -0.604. The second-order valence-corrected chi connectivity index (χ2v) is 12.2. The summed E-state index contributed by atoms with van der Waals surface area (Å²) in [5, 5.41) is 3.19. The van der Waals surface area contributed by atoms with Gasteiger partial charge in [-0.1, -0.05) is 0 Å². The molecule has 0 saturated carbocycles. The molecule has 0 aliphatic carbocycles. The molecule has 13 nitrogen and oxygen atoms in total. The molecule has 6 rings (SSSR count). The predicted octanol–water partition coefficient (Wildman–Crippen LogP) is 4.27. The Bertz CT molecular complexity index is 2140. The van der Waals surface area contributed by atoms with Gasteiger partial charge in [0.2, 0.25) is 0 Å². The van der Waals surface area contributed by atoms with Crippen LogP contribution in [0.2, 0.25) is 0 Å². The summed E-state index contributed by atoms with van der Waals surface area (Å²) in [4.78, 5) is 70.2. The number of fused-ring (bicyclic) bond motifs is 1. The molecule has 252 valence electrons. The van der Waals surface area contributed by atoms with E-state index in [9.17, 15) is 23.6 Å². The molecule has 1 aliphatic heterocycles. The van der Waals surface area contributed by atoms with Crippen molar-refractivity contribution in [1.82, 2.24) is 33.9 Å². The fourth-order valence-corrected chi connectivity index (χ4v) is 5.70. The third-order valence-corrected chi connectivity index (χ3v) is 8.57. The second kappa shape index (κ2) is 13.8. The third kappa shape index (κ3) is 6.94. The Hall–Kier alpha value is -5.76. The largest absolute Gasteiger partial charge is 0.455 e. The molecule has 49 heavy (non-hydrogen) atoms. The first-order valence-corrected chi connectivity index (χ1v) is 15.8. The topological polar surface area (TPSA) is 145 Å². The maximum atomic E-state index is 13.5. The number of benzene rings is 1. The average Bonchev–Trinajstić information content (AvgIpc) is 3.09. The standard InChI is InChI=1S/C35H35FN8O5/c1-21(2)43-20-27(33(46)44(35(43)48)24-7-5-22(36)6-8-24)32(45)40-31-10-9-25(18-39-31)49-30-11-14-37-29-19-38-28(17-26(29)30)34(47)42(4)23-12-15-41(3)16-13-23/h5-11,14,17-21,23H,12-13,15-16H2,1-4H3,(H,39,40,45). The molecule has 1 aliphatic rings. The van der Waals surface area contributed by atoms with Gasteiger partial charge in [0.05, 0.1) is 23.6 Å². The molecular formula is C35H35FN8O5. The van der Waals surface area contributed by atoms with E-state index in [1.807, 2.05) is 0 Å². The number of ether oxygens (including phenoxy) is 1. The van der Waals surface area contributed by atoms with Crippen LogP contribution in [0.5, 0.6) is 11.5 Å². The molecule has 5 heterocycles. The van der Waals surface area contributed by atoms with Crippen molar-refractivity contribution < 1.29 is 18.7 Å². The minimum absolute atomic E-state index is 0.125. The summed E-state index contributed by atoms with van der Waals surface area (Å²) in [6, 6.07) is 11.0. The molecule has 1 fully saturated rings. The van der Waals surface area contributed by atoms with Gasteiger partial charge in [-0.25, -0.2) is 23.7 Å². The molecule has 0 atom stereocenters. The minimum atomic E-state index is -0.861. The van der Waals surface area contributed by atoms with Crippen LogP contribution in [0.3, 0.4) is 0 Å². The molecule has 0 radical (unpaired) electrons. The van der Waals surface area contributed by atoms with Crippen molar-refractivity contribution in [3.8, 4) is 17.2 Å². The van der Waals surface area contributed by atoms with Crippen LogP contribution in [0.15, 0.2) is 82.9 Å². The summed E-state index contributed by atoms with van der Waals surface area (Å²) >= 11 is 0. The fraction of sp³-hybridized carbons (Fsp3) is 0.286. The summed E-state index contributed by atoms with van der Waals surface area (Å²) in [6.07, 6.45) is 7.50. The van der Waals surface area contributed by atoms with Crippen molar-refractivity contribution in [2.45, 2.75) is 38.8 Å². The Balaban J connectivity index is 1.21. The number of carbonyl (C=O) groups is 2. The zero-order chi connectivity index (χ0) is 34.8. The van der Waals surface area contributed by atoms with Gasteiger partial charge in [-0.15, -0.1) is 0 Å². The van der Waals surface area contributed by atoms with Crippen LogP contribution < -0.4 is 21.3 Å². The number of aromatic nitrogens is 5. The number of rotatable bonds is 8. The minimum Gasteiger partial charge on any atom is -0.455 e. The van der Waals surface area contributed by atoms with Gasteiger partial charge in [-0.2, -0.15) is 0 Å². The van der Waals surface area contributed by atoms with Gasteiger partial charge in [0, 0.05) is 36.9 Å². The number of amides is 2. The number of nitrogens with zero attached hydrogens (tertiary/aromatic N) is 7. The molecular weight excluding hydrogens is 631 g/mol. The average molecular weight is 667 g/mol. The van der Waals surface area contributed by atoms with Gasteiger partial charge in [0.1, 0.15) is 34.4 Å². The second-order valence-electron chi connectivity index (χ2n) is 12.2. The molecule has 0 spiro atoms. The normalized spacial score (nSPS) is 13.8. The Morgan fingerprint density at radius 1 is 1.00 bits per heavy atom. The maximum absolute atomic E-state index is 13.5. The van der Waals surface area contributed by atoms with Crippen molar-refractivity contribution in [2.75, 3.05) is 32.5 Å². The van der Waals surface area contributed by atoms with E-state index in [1.54, 1.807) is 56.4 Å². The number of hydrogen-bond donors (Lipinski definition) is 1. The highest BCUT2D eigenvalue weighted by Gasteiger charge is 2.26. The highest BCUT2D eigenvalue weighted by molar-refractivity contribution is 6.03. The van der Waals surface area contributed by atoms with Crippen molar-refractivity contribution in [3.05, 3.63) is 111 Å². The van der Waals surface area contributed by atoms with Crippen molar-refractivity contribution in [1.29, 1.82) is 0 Å². The molecule has 2 amide bonds. The van der Waals surface area contributed by atoms with Crippen LogP contribution in [-0.2, 0) is 0 Å². The molecule has 1 saturated heterocycles. The predicted molar refractivity (Wildman–Crippen MR) is 181 cm³/mol. The smallest absolute Gasteiger partial charge is 0.335 e. The van der Waals surface area contributed by atoms with Gasteiger partial charge < -0.3 is 19.9 Å². The van der Waals surface area contributed by atoms with E-state index < -0.39 is 23.0 Å². The zero-order valence-corrected chi connectivity index (χ0v) is 27.5. The van der Waals surface area contributed by atoms with E-state index in [1.165, 1.54) is 35.2 Å². The van der Waals surface area contributed by atoms with Gasteiger partial charge in [-0.05, 0) is 95.4 Å². The van der Waals surface area contributed by atoms with E-state index in [-0.39, 0.29) is 40.8 Å². The quantitative estimate of drug-likeness (QED) is 0.257. The molecule has 1 N–H and O–H groups in total. The molecule has 14 heteroatoms. The first-order valence-electron chi connectivity index (χ1n) is 15.8. The molecule has 1 aromatic carbocycles. The SMILES string of the molecule is CC(C)n1cc(C(=O)Nc2ccc(Oc3ccnc4cnc(C(=O)N(C)C5CCN(C)CC5)cc34)cn2)c(=O)n(-c2ccc(F)cc2)c1=O. The van der Waals surface area contributed by atoms with Crippen molar-refractivity contribution in [3.63, 3.8) is 0 Å². The van der Waals surface area contributed by atoms with Crippen LogP contribution >= 0.6 is 0 Å². The number of pyridine rings is 3. The first-order chi connectivity index (χ1) is 23.5. The van der Waals surface area contributed by atoms with Crippen LogP contribution in [-0.4, -0.2) is 78.9 Å². The van der Waals surface area contributed by atoms with E-state index in [4.69, 9.17) is 4.74 Å². The van der Waals surface area contributed by atoms with E-state index in [0.29, 0.717) is 22.4 Å². The summed E-state index contributed by atoms with van der Waals surface area (Å²) in [5.41, 5.74) is -0.876. The number of carbonyl (C=O) groups excluding carboxylic acids is 2. The Labute approximate surface area is 280 Å². The fourth-order valence-electron chi connectivity index (χ4n) is 5.70. The van der Waals surface area contributed by atoms with Gasteiger partial charge >= 0.3 is 5.69 Å². The molecule has 0 unspecified atom stereocenters. The van der Waals surface area contributed by atoms with Crippen molar-refractivity contribution >= 4 is 28.5 Å². The lowest BCUT2D eigenvalue weighted by Gasteiger charge is -2.34. The highest BCUT2D eigenvalue weighted by atomic mass is 19.1. The van der Waals surface area contributed by atoms with Crippen LogP contribution in [0.1, 0.15) is 53.6 Å². The monoisotopic (exact) mass is 666 g/mol. The highest BCUT2D eigenvalue weighted by Crippen LogP contribution is 2.29. The van der Waals surface area contributed by atoms with Gasteiger partial charge in [0.15, 0.2) is 0 Å². The zero-order valence-electron chi connectivity index (χ0n) is 27.5. The Morgan fingerprint density at radius 2 is 1.73 bits per heavy atom. The molecule has 0 bridgehead atoms. The number of likely N-dealkylation sites (tertiary alicyclic amines) is 1. The number of nitrogens with one attached hydrogen (secondary N) is 1. The van der Waals surface area contributed by atoms with E-state index in [0.717, 1.165) is 42.6 Å². The van der Waals surface area contributed by atoms with Gasteiger partial charge in [-0.3, -0.25) is 23.9 Å². The van der Waals surface area contributed by atoms with E-state index in [2.05, 4.69) is 32.2 Å². The maximum Gasteiger partial charge on any atom is 0.335 e. The van der Waals surface area contributed by atoms with Crippen LogP contribution in [0.4, 0.5) is 10.2 Å². The van der Waals surface area contributed by atoms with Crippen LogP contribution in [0, 0.1) is 5.82 Å². The van der Waals surface area contributed by atoms with Crippen LogP contribution in [0.25, 0.3) is 16.6 Å². The summed E-state index contributed by atoms with van der Waals surface area (Å²) < 4.78 is 21.8. The van der Waals surface area contributed by atoms with Crippen molar-refractivity contribution in [2.24, 2.45) is 0 Å². The molecule has 5 aromatic rings. The number of hydrogen-bond acceptors (Lipinski definition) is 9. The lowest BCUT2D eigenvalue weighted by atomic mass is 10.0. The Morgan fingerprint density at radius 3 is 2.41 bits per heavy atom. The van der Waals surface area contributed by atoms with Gasteiger partial charge in [0.25, 0.3) is 17.4 Å². The number of halogens is 1. The first kappa shape index (κ1) is 33.2. The molecule has 4 aromatic heterocycles. The number of piperidine rings is 1. The third-order valence-electron chi connectivity index (χ3n) is 8.57. The summed E-state index contributed by atoms with van der Waals surface area (Å²) in [7, 11) is 3.88.